The van der Waals surface area contributed by atoms with Crippen molar-refractivity contribution < 1.29 is 9.59 Å². The molecule has 3 heterocycles. The Balaban J connectivity index is 1.47. The van der Waals surface area contributed by atoms with E-state index in [9.17, 15) is 9.59 Å². The van der Waals surface area contributed by atoms with Crippen LogP contribution in [0.2, 0.25) is 0 Å². The number of anilines is 3. The molecule has 0 bridgehead atoms. The van der Waals surface area contributed by atoms with Gasteiger partial charge in [-0.15, -0.1) is 0 Å². The van der Waals surface area contributed by atoms with E-state index in [-0.39, 0.29) is 17.2 Å². The number of nitrogens with one attached hydrogen (secondary N) is 3. The van der Waals surface area contributed by atoms with Crippen molar-refractivity contribution in [3.8, 4) is 5.69 Å². The van der Waals surface area contributed by atoms with Crippen LogP contribution >= 0.6 is 0 Å². The van der Waals surface area contributed by atoms with E-state index in [1.807, 2.05) is 57.2 Å². The van der Waals surface area contributed by atoms with Crippen LogP contribution in [0.25, 0.3) is 11.2 Å². The number of carbonyl (C=O) groups is 2. The van der Waals surface area contributed by atoms with E-state index in [1.165, 1.54) is 6.33 Å². The average molecular weight is 551 g/mol. The molecule has 3 aromatic heterocycles. The second-order valence-corrected chi connectivity index (χ2v) is 11.2. The van der Waals surface area contributed by atoms with Gasteiger partial charge in [-0.05, 0) is 56.2 Å². The van der Waals surface area contributed by atoms with Crippen molar-refractivity contribution in [2.75, 3.05) is 17.7 Å². The van der Waals surface area contributed by atoms with E-state index in [0.29, 0.717) is 34.0 Å². The summed E-state index contributed by atoms with van der Waals surface area (Å²) in [5, 5.41) is 18.2. The predicted molar refractivity (Wildman–Crippen MR) is 161 cm³/mol. The Hall–Kier alpha value is -4.99. The third kappa shape index (κ3) is 5.41. The van der Waals surface area contributed by atoms with Gasteiger partial charge < -0.3 is 16.0 Å². The fourth-order valence-corrected chi connectivity index (χ4v) is 4.55. The number of amides is 2. The van der Waals surface area contributed by atoms with Crippen molar-refractivity contribution in [3.63, 3.8) is 0 Å². The molecular formula is C31H34N8O2. The molecule has 0 saturated carbocycles. The highest BCUT2D eigenvalue weighted by molar-refractivity contribution is 6.05. The van der Waals surface area contributed by atoms with E-state index < -0.39 is 0 Å². The van der Waals surface area contributed by atoms with Crippen molar-refractivity contribution in [1.29, 1.82) is 0 Å². The van der Waals surface area contributed by atoms with Crippen LogP contribution in [-0.4, -0.2) is 43.2 Å². The Bertz CT molecular complexity index is 1770. The molecule has 10 nitrogen and oxygen atoms in total. The second-order valence-electron chi connectivity index (χ2n) is 11.2. The van der Waals surface area contributed by atoms with Crippen LogP contribution in [0.3, 0.4) is 0 Å². The predicted octanol–water partition coefficient (Wildman–Crippen LogP) is 5.49. The SMILES string of the molecule is CNC(=O)c1cn2ncnc(Nc3cc(C(=O)Nc4cc(C(C)(C)C)nn4-c4ccc(C)cc4)ccc3C)c2c1C. The van der Waals surface area contributed by atoms with Gasteiger partial charge in [-0.1, -0.05) is 44.5 Å². The van der Waals surface area contributed by atoms with Crippen molar-refractivity contribution in [2.45, 2.75) is 47.0 Å². The molecule has 41 heavy (non-hydrogen) atoms. The van der Waals surface area contributed by atoms with Crippen LogP contribution in [0.4, 0.5) is 17.3 Å². The number of hydrogen-bond acceptors (Lipinski definition) is 6. The van der Waals surface area contributed by atoms with Crippen molar-refractivity contribution in [3.05, 3.63) is 94.6 Å². The monoisotopic (exact) mass is 550 g/mol. The van der Waals surface area contributed by atoms with E-state index >= 15 is 0 Å². The molecule has 3 N–H and O–H groups in total. The van der Waals surface area contributed by atoms with Crippen LogP contribution in [0, 0.1) is 20.8 Å². The molecule has 0 radical (unpaired) electrons. The van der Waals surface area contributed by atoms with Gasteiger partial charge in [-0.3, -0.25) is 9.59 Å². The Morgan fingerprint density at radius 1 is 0.927 bits per heavy atom. The van der Waals surface area contributed by atoms with Crippen LogP contribution < -0.4 is 16.0 Å². The normalized spacial score (nSPS) is 11.5. The molecule has 0 aliphatic carbocycles. The van der Waals surface area contributed by atoms with Crippen molar-refractivity contribution >= 4 is 34.7 Å². The molecule has 210 valence electrons. The first kappa shape index (κ1) is 27.6. The van der Waals surface area contributed by atoms with Crippen LogP contribution in [-0.2, 0) is 5.41 Å². The smallest absolute Gasteiger partial charge is 0.256 e. The minimum absolute atomic E-state index is 0.201. The first-order valence-corrected chi connectivity index (χ1v) is 13.4. The maximum atomic E-state index is 13.6. The summed E-state index contributed by atoms with van der Waals surface area (Å²) in [5.41, 5.74) is 6.71. The lowest BCUT2D eigenvalue weighted by Gasteiger charge is -2.14. The molecule has 0 fully saturated rings. The zero-order valence-electron chi connectivity index (χ0n) is 24.3. The number of rotatable bonds is 6. The van der Waals surface area contributed by atoms with Gasteiger partial charge in [0.15, 0.2) is 5.82 Å². The number of benzene rings is 2. The maximum Gasteiger partial charge on any atom is 0.256 e. The molecule has 0 spiro atoms. The topological polar surface area (TPSA) is 118 Å². The maximum absolute atomic E-state index is 13.6. The highest BCUT2D eigenvalue weighted by Gasteiger charge is 2.22. The third-order valence-corrected chi connectivity index (χ3v) is 7.05. The van der Waals surface area contributed by atoms with Gasteiger partial charge in [0.05, 0.1) is 16.9 Å². The highest BCUT2D eigenvalue weighted by Crippen LogP contribution is 2.29. The third-order valence-electron chi connectivity index (χ3n) is 7.05. The van der Waals surface area contributed by atoms with Crippen LogP contribution in [0.1, 0.15) is 63.9 Å². The highest BCUT2D eigenvalue weighted by atomic mass is 16.2. The second kappa shape index (κ2) is 10.5. The van der Waals surface area contributed by atoms with Gasteiger partial charge >= 0.3 is 0 Å². The number of fused-ring (bicyclic) bond motifs is 1. The Morgan fingerprint density at radius 3 is 2.34 bits per heavy atom. The zero-order valence-corrected chi connectivity index (χ0v) is 24.3. The van der Waals surface area contributed by atoms with Crippen molar-refractivity contribution in [1.82, 2.24) is 29.7 Å². The molecule has 5 rings (SSSR count). The summed E-state index contributed by atoms with van der Waals surface area (Å²) in [4.78, 5) is 30.3. The summed E-state index contributed by atoms with van der Waals surface area (Å²) < 4.78 is 3.39. The Labute approximate surface area is 238 Å². The molecule has 0 saturated heterocycles. The summed E-state index contributed by atoms with van der Waals surface area (Å²) in [6.07, 6.45) is 3.10. The molecule has 2 amide bonds. The minimum atomic E-state index is -0.268. The summed E-state index contributed by atoms with van der Waals surface area (Å²) in [7, 11) is 1.59. The molecule has 0 aliphatic rings. The van der Waals surface area contributed by atoms with Gasteiger partial charge in [0.1, 0.15) is 17.7 Å². The van der Waals surface area contributed by atoms with E-state index in [1.54, 1.807) is 34.6 Å². The fourth-order valence-electron chi connectivity index (χ4n) is 4.55. The first-order valence-electron chi connectivity index (χ1n) is 13.4. The number of hydrogen-bond donors (Lipinski definition) is 3. The van der Waals surface area contributed by atoms with Crippen LogP contribution in [0.15, 0.2) is 61.1 Å². The standard InChI is InChI=1S/C31H34N8O2/c1-18-8-12-22(13-9-18)39-26(15-25(37-39)31(4,5)6)36-29(40)21-11-10-19(2)24(14-21)35-28-27-20(3)23(30(41)32-7)16-38(27)34-17-33-28/h8-17H,1-7H3,(H,32,41)(H,36,40)(H,33,34,35). The van der Waals surface area contributed by atoms with Gasteiger partial charge in [-0.2, -0.15) is 10.2 Å². The zero-order chi connectivity index (χ0) is 29.5. The minimum Gasteiger partial charge on any atom is -0.355 e. The number of carbonyl (C=O) groups excluding carboxylic acids is 2. The molecule has 0 aliphatic heterocycles. The first-order chi connectivity index (χ1) is 19.5. The molecule has 0 unspecified atom stereocenters. The lowest BCUT2D eigenvalue weighted by molar-refractivity contribution is 0.0961. The van der Waals surface area contributed by atoms with Crippen molar-refractivity contribution in [2.24, 2.45) is 0 Å². The quantitative estimate of drug-likeness (QED) is 0.257. The molecule has 2 aromatic carbocycles. The lowest BCUT2D eigenvalue weighted by atomic mass is 9.92. The summed E-state index contributed by atoms with van der Waals surface area (Å²) in [6.45, 7) is 12.1. The summed E-state index contributed by atoms with van der Waals surface area (Å²) >= 11 is 0. The molecule has 5 aromatic rings. The van der Waals surface area contributed by atoms with Gasteiger partial charge in [0.2, 0.25) is 0 Å². The number of nitrogens with zero attached hydrogens (tertiary/aromatic N) is 5. The molecular weight excluding hydrogens is 516 g/mol. The Morgan fingerprint density at radius 2 is 1.66 bits per heavy atom. The summed E-state index contributed by atoms with van der Waals surface area (Å²) in [5.74, 6) is 0.645. The van der Waals surface area contributed by atoms with Crippen LogP contribution in [0.5, 0.6) is 0 Å². The number of aryl methyl sites for hydroxylation is 3. The van der Waals surface area contributed by atoms with Gasteiger partial charge in [0, 0.05) is 36.0 Å². The Kier molecular flexibility index (Phi) is 7.08. The fraction of sp³-hybridized carbons (Fsp3) is 0.258. The largest absolute Gasteiger partial charge is 0.355 e. The average Bonchev–Trinajstić information content (AvgIpc) is 3.52. The van der Waals surface area contributed by atoms with E-state index in [4.69, 9.17) is 5.10 Å². The van der Waals surface area contributed by atoms with Gasteiger partial charge in [0.25, 0.3) is 11.8 Å². The van der Waals surface area contributed by atoms with Gasteiger partial charge in [-0.25, -0.2) is 14.2 Å². The van der Waals surface area contributed by atoms with E-state index in [0.717, 1.165) is 28.1 Å². The summed E-state index contributed by atoms with van der Waals surface area (Å²) in [6, 6.07) is 15.4. The molecule has 10 heteroatoms. The van der Waals surface area contributed by atoms with E-state index in [2.05, 4.69) is 46.8 Å². The number of aromatic nitrogens is 5. The lowest BCUT2D eigenvalue weighted by Crippen LogP contribution is -2.17. The molecule has 0 atom stereocenters.